The molecule has 1 N–H and O–H groups in total. The van der Waals surface area contributed by atoms with Crippen LogP contribution in [0, 0.1) is 11.3 Å². The zero-order chi connectivity index (χ0) is 9.68. The van der Waals surface area contributed by atoms with Crippen molar-refractivity contribution in [3.8, 4) is 6.07 Å². The molecular weight excluding hydrogens is 168 g/mol. The van der Waals surface area contributed by atoms with Crippen LogP contribution >= 0.6 is 0 Å². The summed E-state index contributed by atoms with van der Waals surface area (Å²) in [5.74, 6) is -1.48. The molecule has 0 spiro atoms. The molecule has 0 saturated carbocycles. The van der Waals surface area contributed by atoms with Crippen molar-refractivity contribution < 1.29 is 9.90 Å². The van der Waals surface area contributed by atoms with Gasteiger partial charge in [-0.15, -0.1) is 0 Å². The number of ketones is 1. The van der Waals surface area contributed by atoms with Crippen LogP contribution in [0.1, 0.15) is 11.6 Å². The van der Waals surface area contributed by atoms with E-state index in [-0.39, 0.29) is 0 Å². The number of Topliss-reactive ketones (excluding diaryl/α,β-unsaturated/α-hetero) is 1. The van der Waals surface area contributed by atoms with Crippen molar-refractivity contribution in [1.29, 1.82) is 5.26 Å². The van der Waals surface area contributed by atoms with Crippen LogP contribution in [0.25, 0.3) is 0 Å². The second-order valence-electron chi connectivity index (χ2n) is 2.44. The van der Waals surface area contributed by atoms with E-state index >= 15 is 0 Å². The van der Waals surface area contributed by atoms with Crippen molar-refractivity contribution in [3.63, 3.8) is 0 Å². The number of hydrogen-bond acceptors (Lipinski definition) is 4. The summed E-state index contributed by atoms with van der Waals surface area (Å²) in [7, 11) is 0. The molecule has 0 aliphatic rings. The molecule has 1 aromatic heterocycles. The van der Waals surface area contributed by atoms with Gasteiger partial charge in [0.1, 0.15) is 12.5 Å². The number of hydrogen-bond donors (Lipinski definition) is 1. The SMILES string of the molecule is N#CC(C(=O)CO)c1ccccn1. The largest absolute Gasteiger partial charge is 0.389 e. The molecule has 0 aliphatic carbocycles. The Balaban J connectivity index is 2.93. The van der Waals surface area contributed by atoms with Crippen molar-refractivity contribution >= 4 is 5.78 Å². The van der Waals surface area contributed by atoms with Gasteiger partial charge in [-0.2, -0.15) is 5.26 Å². The molecule has 66 valence electrons. The molecule has 0 amide bonds. The Hall–Kier alpha value is -1.73. The standard InChI is InChI=1S/C9H8N2O2/c10-5-7(9(13)6-12)8-3-1-2-4-11-8/h1-4,7,12H,6H2. The monoisotopic (exact) mass is 176 g/mol. The molecule has 0 aromatic carbocycles. The van der Waals surface area contributed by atoms with Gasteiger partial charge in [0.2, 0.25) is 0 Å². The summed E-state index contributed by atoms with van der Waals surface area (Å²) >= 11 is 0. The second-order valence-corrected chi connectivity index (χ2v) is 2.44. The van der Waals surface area contributed by atoms with Crippen LogP contribution in [-0.2, 0) is 4.79 Å². The number of aliphatic hydroxyl groups is 1. The quantitative estimate of drug-likeness (QED) is 0.716. The number of carbonyl (C=O) groups is 1. The summed E-state index contributed by atoms with van der Waals surface area (Å²) in [5, 5.41) is 17.2. The van der Waals surface area contributed by atoms with E-state index < -0.39 is 18.3 Å². The third-order valence-corrected chi connectivity index (χ3v) is 1.59. The van der Waals surface area contributed by atoms with Crippen LogP contribution in [0.15, 0.2) is 24.4 Å². The third-order valence-electron chi connectivity index (χ3n) is 1.59. The minimum Gasteiger partial charge on any atom is -0.389 e. The molecule has 0 bridgehead atoms. The molecule has 0 radical (unpaired) electrons. The van der Waals surface area contributed by atoms with Crippen molar-refractivity contribution in [1.82, 2.24) is 4.98 Å². The fourth-order valence-corrected chi connectivity index (χ4v) is 0.941. The maximum Gasteiger partial charge on any atom is 0.181 e. The summed E-state index contributed by atoms with van der Waals surface area (Å²) < 4.78 is 0. The Bertz CT molecular complexity index is 329. The van der Waals surface area contributed by atoms with Gasteiger partial charge < -0.3 is 5.11 Å². The minimum atomic E-state index is -0.953. The second kappa shape index (κ2) is 4.33. The van der Waals surface area contributed by atoms with Gasteiger partial charge in [-0.3, -0.25) is 9.78 Å². The molecule has 1 heterocycles. The first kappa shape index (κ1) is 9.36. The zero-order valence-corrected chi connectivity index (χ0v) is 6.84. The number of nitrogens with zero attached hydrogens (tertiary/aromatic N) is 2. The lowest BCUT2D eigenvalue weighted by Gasteiger charge is -2.03. The molecule has 13 heavy (non-hydrogen) atoms. The summed E-state index contributed by atoms with van der Waals surface area (Å²) in [5.41, 5.74) is 0.379. The number of pyridine rings is 1. The van der Waals surface area contributed by atoms with Gasteiger partial charge in [0.25, 0.3) is 0 Å². The Labute approximate surface area is 75.5 Å². The van der Waals surface area contributed by atoms with Gasteiger partial charge in [-0.05, 0) is 12.1 Å². The predicted octanol–water partition coefficient (Wildman–Crippen LogP) is 0.250. The van der Waals surface area contributed by atoms with Gasteiger partial charge in [0.05, 0.1) is 11.8 Å². The average Bonchev–Trinajstić information content (AvgIpc) is 2.20. The van der Waals surface area contributed by atoms with E-state index in [2.05, 4.69) is 4.98 Å². The van der Waals surface area contributed by atoms with Gasteiger partial charge >= 0.3 is 0 Å². The summed E-state index contributed by atoms with van der Waals surface area (Å²) in [6.07, 6.45) is 1.50. The molecule has 1 aromatic rings. The minimum absolute atomic E-state index is 0.379. The first-order valence-corrected chi connectivity index (χ1v) is 3.73. The van der Waals surface area contributed by atoms with E-state index in [0.717, 1.165) is 0 Å². The van der Waals surface area contributed by atoms with Gasteiger partial charge in [0.15, 0.2) is 5.78 Å². The van der Waals surface area contributed by atoms with E-state index in [1.807, 2.05) is 0 Å². The zero-order valence-electron chi connectivity index (χ0n) is 6.84. The first-order chi connectivity index (χ1) is 6.29. The van der Waals surface area contributed by atoms with Crippen molar-refractivity contribution in [2.24, 2.45) is 0 Å². The number of nitriles is 1. The van der Waals surface area contributed by atoms with Crippen molar-refractivity contribution in [2.45, 2.75) is 5.92 Å². The fraction of sp³-hybridized carbons (Fsp3) is 0.222. The molecule has 4 nitrogen and oxygen atoms in total. The van der Waals surface area contributed by atoms with Crippen molar-refractivity contribution in [2.75, 3.05) is 6.61 Å². The molecule has 0 saturated heterocycles. The van der Waals surface area contributed by atoms with E-state index in [4.69, 9.17) is 10.4 Å². The Morgan fingerprint density at radius 1 is 1.69 bits per heavy atom. The number of carbonyl (C=O) groups excluding carboxylic acids is 1. The molecule has 1 rings (SSSR count). The van der Waals surface area contributed by atoms with Gasteiger partial charge in [-0.25, -0.2) is 0 Å². The lowest BCUT2D eigenvalue weighted by atomic mass is 10.0. The lowest BCUT2D eigenvalue weighted by Crippen LogP contribution is -2.15. The van der Waals surface area contributed by atoms with E-state index in [0.29, 0.717) is 5.69 Å². The molecule has 4 heteroatoms. The van der Waals surface area contributed by atoms with Gasteiger partial charge in [-0.1, -0.05) is 6.07 Å². The summed E-state index contributed by atoms with van der Waals surface area (Å²) in [6.45, 7) is -0.630. The van der Waals surface area contributed by atoms with Crippen LogP contribution in [0.5, 0.6) is 0 Å². The maximum absolute atomic E-state index is 11.0. The molecular formula is C9H8N2O2. The highest BCUT2D eigenvalue weighted by Gasteiger charge is 2.19. The highest BCUT2D eigenvalue weighted by Crippen LogP contribution is 2.11. The smallest absolute Gasteiger partial charge is 0.181 e. The van der Waals surface area contributed by atoms with Crippen LogP contribution in [0.4, 0.5) is 0 Å². The van der Waals surface area contributed by atoms with Crippen LogP contribution < -0.4 is 0 Å². The molecule has 1 atom stereocenters. The number of rotatable bonds is 3. The van der Waals surface area contributed by atoms with Crippen LogP contribution in [0.3, 0.4) is 0 Å². The highest BCUT2D eigenvalue weighted by atomic mass is 16.3. The van der Waals surface area contributed by atoms with Crippen LogP contribution in [-0.4, -0.2) is 22.5 Å². The first-order valence-electron chi connectivity index (χ1n) is 3.73. The number of aromatic nitrogens is 1. The Morgan fingerprint density at radius 3 is 2.92 bits per heavy atom. The fourth-order valence-electron chi connectivity index (χ4n) is 0.941. The van der Waals surface area contributed by atoms with Crippen molar-refractivity contribution in [3.05, 3.63) is 30.1 Å². The highest BCUT2D eigenvalue weighted by molar-refractivity contribution is 5.88. The van der Waals surface area contributed by atoms with E-state index in [1.165, 1.54) is 6.20 Å². The van der Waals surface area contributed by atoms with Crippen LogP contribution in [0.2, 0.25) is 0 Å². The average molecular weight is 176 g/mol. The van der Waals surface area contributed by atoms with E-state index in [1.54, 1.807) is 24.3 Å². The third kappa shape index (κ3) is 2.10. The summed E-state index contributed by atoms with van der Waals surface area (Å²) in [4.78, 5) is 14.9. The summed E-state index contributed by atoms with van der Waals surface area (Å²) in [6, 6.07) is 6.77. The maximum atomic E-state index is 11.0. The molecule has 1 unspecified atom stereocenters. The molecule has 0 fully saturated rings. The normalized spacial score (nSPS) is 11.7. The Morgan fingerprint density at radius 2 is 2.46 bits per heavy atom. The Kier molecular flexibility index (Phi) is 3.12. The topological polar surface area (TPSA) is 74.0 Å². The van der Waals surface area contributed by atoms with Gasteiger partial charge in [0, 0.05) is 6.20 Å². The number of aliphatic hydroxyl groups excluding tert-OH is 1. The molecule has 0 aliphatic heterocycles. The predicted molar refractivity (Wildman–Crippen MR) is 44.7 cm³/mol. The van der Waals surface area contributed by atoms with E-state index in [9.17, 15) is 4.79 Å². The lowest BCUT2D eigenvalue weighted by molar-refractivity contribution is -0.122.